The Morgan fingerprint density at radius 1 is 0.975 bits per heavy atom. The molecule has 2 aliphatic heterocycles. The summed E-state index contributed by atoms with van der Waals surface area (Å²) in [5.74, 6) is 2.34. The molecule has 0 bridgehead atoms. The number of thiocarbonyl (C=S) groups is 1. The van der Waals surface area contributed by atoms with Gasteiger partial charge in [-0.05, 0) is 50.3 Å². The van der Waals surface area contributed by atoms with Crippen LogP contribution >= 0.6 is 12.2 Å². The number of hydrogen-bond donors (Lipinski definition) is 1. The first-order chi connectivity index (χ1) is 19.7. The molecule has 0 spiro atoms. The van der Waals surface area contributed by atoms with Crippen LogP contribution in [0.2, 0.25) is 0 Å². The van der Waals surface area contributed by atoms with Gasteiger partial charge in [-0.2, -0.15) is 0 Å². The minimum atomic E-state index is 0.631. The number of para-hydroxylation sites is 1. The maximum Gasteiger partial charge on any atom is 0.169 e. The van der Waals surface area contributed by atoms with Crippen LogP contribution in [0.4, 0.5) is 5.82 Å². The van der Waals surface area contributed by atoms with Crippen LogP contribution in [0.1, 0.15) is 24.8 Å². The van der Waals surface area contributed by atoms with Crippen molar-refractivity contribution in [3.63, 3.8) is 0 Å². The summed E-state index contributed by atoms with van der Waals surface area (Å²) in [5, 5.41) is 6.24. The van der Waals surface area contributed by atoms with Gasteiger partial charge in [-0.25, -0.2) is 9.97 Å². The fourth-order valence-corrected chi connectivity index (χ4v) is 5.87. The van der Waals surface area contributed by atoms with Crippen molar-refractivity contribution in [1.29, 1.82) is 0 Å². The zero-order chi connectivity index (χ0) is 27.3. The Balaban J connectivity index is 1.08. The third-order valence-electron chi connectivity index (χ3n) is 7.87. The summed E-state index contributed by atoms with van der Waals surface area (Å²) in [6.45, 7) is 7.72. The van der Waals surface area contributed by atoms with Gasteiger partial charge in [0.15, 0.2) is 16.6 Å². The quantitative estimate of drug-likeness (QED) is 0.312. The summed E-state index contributed by atoms with van der Waals surface area (Å²) in [6, 6.07) is 12.0. The molecule has 1 N–H and O–H groups in total. The smallest absolute Gasteiger partial charge is 0.169 e. The molecular formula is C30H36N6O3S. The van der Waals surface area contributed by atoms with Gasteiger partial charge in [0.25, 0.3) is 0 Å². The standard InChI is InChI=1S/C30H36N6O3S/c1-37-27-17-24-25(18-28(27)38-16-15-34-9-5-2-6-10-34)32-21-33-29(24)35-11-13-36(14-12-35)30(40)31-19-22-20-39-26-8-4-3-7-23(22)26/h3-4,7-8,17-18,20-21H,2,5-6,9-16,19H2,1H3,(H,31,40). The monoisotopic (exact) mass is 560 g/mol. The molecule has 2 aliphatic rings. The summed E-state index contributed by atoms with van der Waals surface area (Å²) in [7, 11) is 1.68. The van der Waals surface area contributed by atoms with Crippen molar-refractivity contribution in [1.82, 2.24) is 25.1 Å². The number of anilines is 1. The van der Waals surface area contributed by atoms with E-state index >= 15 is 0 Å². The number of rotatable bonds is 8. The van der Waals surface area contributed by atoms with Crippen LogP contribution in [0.3, 0.4) is 0 Å². The predicted molar refractivity (Wildman–Crippen MR) is 161 cm³/mol. The molecule has 0 radical (unpaired) electrons. The lowest BCUT2D eigenvalue weighted by atomic mass is 10.1. The second kappa shape index (κ2) is 12.3. The predicted octanol–water partition coefficient (Wildman–Crippen LogP) is 4.45. The zero-order valence-corrected chi connectivity index (χ0v) is 23.8. The Bertz CT molecular complexity index is 1460. The van der Waals surface area contributed by atoms with Crippen molar-refractivity contribution in [2.75, 3.05) is 64.4 Å². The lowest BCUT2D eigenvalue weighted by Gasteiger charge is -2.37. The summed E-state index contributed by atoms with van der Waals surface area (Å²) in [6.07, 6.45) is 7.32. The maximum atomic E-state index is 6.16. The normalized spacial score (nSPS) is 16.4. The number of aromatic nitrogens is 2. The highest BCUT2D eigenvalue weighted by Crippen LogP contribution is 2.35. The average molecular weight is 561 g/mol. The Hall–Kier alpha value is -3.63. The third kappa shape index (κ3) is 5.78. The minimum absolute atomic E-state index is 0.631. The Morgan fingerprint density at radius 2 is 1.80 bits per heavy atom. The molecule has 9 nitrogen and oxygen atoms in total. The van der Waals surface area contributed by atoms with E-state index < -0.39 is 0 Å². The number of likely N-dealkylation sites (tertiary alicyclic amines) is 1. The fraction of sp³-hybridized carbons (Fsp3) is 0.433. The van der Waals surface area contributed by atoms with Gasteiger partial charge in [0.05, 0.1) is 18.9 Å². The molecule has 6 rings (SSSR count). The molecule has 210 valence electrons. The molecule has 0 atom stereocenters. The van der Waals surface area contributed by atoms with Crippen molar-refractivity contribution in [3.8, 4) is 11.5 Å². The topological polar surface area (TPSA) is 79.1 Å². The third-order valence-corrected chi connectivity index (χ3v) is 8.27. The van der Waals surface area contributed by atoms with E-state index in [0.717, 1.165) is 89.9 Å². The zero-order valence-electron chi connectivity index (χ0n) is 23.0. The maximum absolute atomic E-state index is 6.16. The van der Waals surface area contributed by atoms with E-state index in [9.17, 15) is 0 Å². The lowest BCUT2D eigenvalue weighted by Crippen LogP contribution is -2.51. The van der Waals surface area contributed by atoms with Gasteiger partial charge in [0, 0.05) is 61.7 Å². The second-order valence-corrected chi connectivity index (χ2v) is 10.7. The van der Waals surface area contributed by atoms with E-state index in [2.05, 4.69) is 36.1 Å². The fourth-order valence-electron chi connectivity index (χ4n) is 5.62. The number of nitrogens with one attached hydrogen (secondary N) is 1. The highest BCUT2D eigenvalue weighted by molar-refractivity contribution is 7.80. The minimum Gasteiger partial charge on any atom is -0.493 e. The van der Waals surface area contributed by atoms with Crippen molar-refractivity contribution in [2.24, 2.45) is 0 Å². The summed E-state index contributed by atoms with van der Waals surface area (Å²) >= 11 is 5.73. The van der Waals surface area contributed by atoms with Crippen molar-refractivity contribution >= 4 is 45.0 Å². The lowest BCUT2D eigenvalue weighted by molar-refractivity contribution is 0.181. The molecule has 0 unspecified atom stereocenters. The molecule has 2 aromatic carbocycles. The van der Waals surface area contributed by atoms with E-state index in [1.807, 2.05) is 30.3 Å². The average Bonchev–Trinajstić information content (AvgIpc) is 3.43. The van der Waals surface area contributed by atoms with Gasteiger partial charge in [-0.3, -0.25) is 4.90 Å². The largest absolute Gasteiger partial charge is 0.493 e. The van der Waals surface area contributed by atoms with Crippen LogP contribution in [0.25, 0.3) is 21.9 Å². The first-order valence-electron chi connectivity index (χ1n) is 14.1. The van der Waals surface area contributed by atoms with Crippen LogP contribution in [0, 0.1) is 0 Å². The van der Waals surface area contributed by atoms with Gasteiger partial charge < -0.3 is 29.0 Å². The van der Waals surface area contributed by atoms with Gasteiger partial charge in [0.1, 0.15) is 24.3 Å². The van der Waals surface area contributed by atoms with Gasteiger partial charge in [0.2, 0.25) is 0 Å². The van der Waals surface area contributed by atoms with E-state index in [1.54, 1.807) is 19.7 Å². The van der Waals surface area contributed by atoms with Crippen LogP contribution in [0.15, 0.2) is 53.4 Å². The molecular weight excluding hydrogens is 524 g/mol. The number of ether oxygens (including phenoxy) is 2. The number of nitrogens with zero attached hydrogens (tertiary/aromatic N) is 5. The first kappa shape index (κ1) is 26.6. The van der Waals surface area contributed by atoms with Crippen LogP contribution < -0.4 is 19.7 Å². The summed E-state index contributed by atoms with van der Waals surface area (Å²) < 4.78 is 17.5. The number of fused-ring (bicyclic) bond motifs is 2. The molecule has 0 aliphatic carbocycles. The molecule has 0 saturated carbocycles. The van der Waals surface area contributed by atoms with E-state index in [-0.39, 0.29) is 0 Å². The highest BCUT2D eigenvalue weighted by Gasteiger charge is 2.23. The molecule has 0 amide bonds. The molecule has 4 heterocycles. The van der Waals surface area contributed by atoms with Gasteiger partial charge in [-0.15, -0.1) is 0 Å². The highest BCUT2D eigenvalue weighted by atomic mass is 32.1. The van der Waals surface area contributed by atoms with E-state index in [1.165, 1.54) is 19.3 Å². The van der Waals surface area contributed by atoms with Crippen molar-refractivity contribution in [3.05, 3.63) is 54.6 Å². The molecule has 40 heavy (non-hydrogen) atoms. The number of hydrogen-bond acceptors (Lipinski definition) is 8. The van der Waals surface area contributed by atoms with E-state index in [0.29, 0.717) is 18.9 Å². The molecule has 2 aromatic heterocycles. The Morgan fingerprint density at radius 3 is 2.62 bits per heavy atom. The molecule has 2 fully saturated rings. The Labute approximate surface area is 240 Å². The Kier molecular flexibility index (Phi) is 8.15. The number of benzene rings is 2. The molecule has 2 saturated heterocycles. The van der Waals surface area contributed by atoms with Crippen molar-refractivity contribution in [2.45, 2.75) is 25.8 Å². The van der Waals surface area contributed by atoms with Crippen molar-refractivity contribution < 1.29 is 13.9 Å². The van der Waals surface area contributed by atoms with Crippen LogP contribution in [0.5, 0.6) is 11.5 Å². The molecule has 10 heteroatoms. The number of piperazine rings is 1. The second-order valence-electron chi connectivity index (χ2n) is 10.4. The first-order valence-corrected chi connectivity index (χ1v) is 14.5. The van der Waals surface area contributed by atoms with Gasteiger partial charge in [-0.1, -0.05) is 24.6 Å². The van der Waals surface area contributed by atoms with E-state index in [4.69, 9.17) is 26.1 Å². The van der Waals surface area contributed by atoms with Crippen LogP contribution in [-0.4, -0.2) is 84.4 Å². The number of methoxy groups -OCH3 is 1. The summed E-state index contributed by atoms with van der Waals surface area (Å²) in [4.78, 5) is 16.2. The molecule has 4 aromatic rings. The SMILES string of the molecule is COc1cc2c(N3CCN(C(=S)NCc4coc5ccccc45)CC3)ncnc2cc1OCCN1CCCCC1. The van der Waals surface area contributed by atoms with Gasteiger partial charge >= 0.3 is 0 Å². The van der Waals surface area contributed by atoms with Crippen LogP contribution in [-0.2, 0) is 6.54 Å². The summed E-state index contributed by atoms with van der Waals surface area (Å²) in [5.41, 5.74) is 2.85. The number of piperidine rings is 1. The number of furan rings is 1.